The Balaban J connectivity index is 1.63. The topological polar surface area (TPSA) is 59.4 Å². The van der Waals surface area contributed by atoms with E-state index in [0.717, 1.165) is 53.8 Å². The molecule has 0 atom stereocenters. The summed E-state index contributed by atoms with van der Waals surface area (Å²) in [6.07, 6.45) is 5.84. The molecule has 2 aliphatic rings. The number of nitrogens with one attached hydrogen (secondary N) is 1. The van der Waals surface area contributed by atoms with Crippen molar-refractivity contribution < 1.29 is 9.53 Å². The molecule has 34 heavy (non-hydrogen) atoms. The predicted molar refractivity (Wildman–Crippen MR) is 135 cm³/mol. The van der Waals surface area contributed by atoms with E-state index < -0.39 is 0 Å². The third-order valence-corrected chi connectivity index (χ3v) is 6.76. The molecule has 8 heteroatoms. The highest BCUT2D eigenvalue weighted by molar-refractivity contribution is 6.32. The Kier molecular flexibility index (Phi) is 7.02. The van der Waals surface area contributed by atoms with Gasteiger partial charge in [-0.25, -0.2) is 9.69 Å². The predicted octanol–water partition coefficient (Wildman–Crippen LogP) is 5.42. The maximum Gasteiger partial charge on any atom is 0.286 e. The van der Waals surface area contributed by atoms with Gasteiger partial charge in [0.15, 0.2) is 5.69 Å². The largest absolute Gasteiger partial charge is 0.379 e. The Hall–Kier alpha value is -2.64. The summed E-state index contributed by atoms with van der Waals surface area (Å²) in [5, 5.41) is 8.02. The van der Waals surface area contributed by atoms with Gasteiger partial charge in [-0.1, -0.05) is 47.5 Å². The molecule has 0 bridgehead atoms. The van der Waals surface area contributed by atoms with Gasteiger partial charge in [0.2, 0.25) is 0 Å². The molecule has 2 heterocycles. The Morgan fingerprint density at radius 1 is 1.00 bits per heavy atom. The average Bonchev–Trinajstić information content (AvgIpc) is 3.10. The maximum atomic E-state index is 13.4. The van der Waals surface area contributed by atoms with Gasteiger partial charge in [0.1, 0.15) is 0 Å². The molecule has 1 aliphatic carbocycles. The Labute approximate surface area is 209 Å². The number of aromatic nitrogens is 2. The van der Waals surface area contributed by atoms with Crippen LogP contribution in [0.4, 0.5) is 0 Å². The molecule has 1 N–H and O–H groups in total. The quantitative estimate of drug-likeness (QED) is 0.489. The Morgan fingerprint density at radius 2 is 1.74 bits per heavy atom. The lowest BCUT2D eigenvalue weighted by Gasteiger charge is -2.26. The third kappa shape index (κ3) is 4.91. The van der Waals surface area contributed by atoms with Crippen molar-refractivity contribution in [3.63, 3.8) is 0 Å². The molecule has 6 nitrogen and oxygen atoms in total. The summed E-state index contributed by atoms with van der Waals surface area (Å²) in [4.78, 5) is 13.4. The van der Waals surface area contributed by atoms with Crippen molar-refractivity contribution in [3.05, 3.63) is 81.1 Å². The van der Waals surface area contributed by atoms with Gasteiger partial charge >= 0.3 is 0 Å². The van der Waals surface area contributed by atoms with Crippen molar-refractivity contribution in [1.82, 2.24) is 20.2 Å². The van der Waals surface area contributed by atoms with Gasteiger partial charge in [-0.05, 0) is 67.2 Å². The summed E-state index contributed by atoms with van der Waals surface area (Å²) in [6, 6.07) is 15.4. The fourth-order valence-electron chi connectivity index (χ4n) is 4.51. The molecule has 0 radical (unpaired) electrons. The maximum absolute atomic E-state index is 13.4. The van der Waals surface area contributed by atoms with Gasteiger partial charge in [0.05, 0.1) is 29.6 Å². The van der Waals surface area contributed by atoms with Crippen LogP contribution in [0.15, 0.2) is 48.5 Å². The van der Waals surface area contributed by atoms with Crippen molar-refractivity contribution in [3.8, 4) is 5.69 Å². The zero-order valence-corrected chi connectivity index (χ0v) is 20.3. The number of halogens is 2. The monoisotopic (exact) mass is 496 g/mol. The fourth-order valence-corrected chi connectivity index (χ4v) is 4.85. The van der Waals surface area contributed by atoms with E-state index in [9.17, 15) is 4.79 Å². The number of morpholine rings is 1. The van der Waals surface area contributed by atoms with Crippen molar-refractivity contribution in [2.45, 2.75) is 25.7 Å². The number of amides is 1. The third-order valence-electron chi connectivity index (χ3n) is 6.19. The molecule has 5 rings (SSSR count). The van der Waals surface area contributed by atoms with Crippen LogP contribution in [-0.2, 0) is 11.2 Å². The van der Waals surface area contributed by atoms with E-state index in [1.807, 2.05) is 58.2 Å². The number of ether oxygens (including phenoxy) is 1. The first-order chi connectivity index (χ1) is 16.6. The standard InChI is InChI=1S/C26H26Cl2N4O2/c27-20-11-9-18(10-12-20)17-19-5-1-2-6-21-24(26(33)30-31-13-15-34-16-14-31)29-32(25(19)21)23-8-4-3-7-22(23)28/h3-4,7-12,17H,1-2,5-6,13-16H2,(H,30,33)/b19-17+. The Morgan fingerprint density at radius 3 is 2.50 bits per heavy atom. The van der Waals surface area contributed by atoms with Crippen molar-refractivity contribution in [2.75, 3.05) is 26.3 Å². The smallest absolute Gasteiger partial charge is 0.286 e. The number of para-hydroxylation sites is 1. The highest BCUT2D eigenvalue weighted by Gasteiger charge is 2.29. The van der Waals surface area contributed by atoms with E-state index in [4.69, 9.17) is 33.0 Å². The van der Waals surface area contributed by atoms with E-state index in [0.29, 0.717) is 42.0 Å². The van der Waals surface area contributed by atoms with E-state index in [-0.39, 0.29) is 5.91 Å². The summed E-state index contributed by atoms with van der Waals surface area (Å²) in [6.45, 7) is 2.50. The number of nitrogens with zero attached hydrogens (tertiary/aromatic N) is 3. The molecule has 1 aliphatic heterocycles. The molecule has 2 aromatic carbocycles. The average molecular weight is 497 g/mol. The molecule has 176 valence electrons. The van der Waals surface area contributed by atoms with Crippen LogP contribution in [0.25, 0.3) is 17.3 Å². The number of hydrazine groups is 1. The Bertz CT molecular complexity index is 1210. The number of fused-ring (bicyclic) bond motifs is 1. The summed E-state index contributed by atoms with van der Waals surface area (Å²) >= 11 is 12.7. The molecule has 0 unspecified atom stereocenters. The normalized spacial score (nSPS) is 17.9. The van der Waals surface area contributed by atoms with Gasteiger partial charge in [-0.3, -0.25) is 10.2 Å². The fraction of sp³-hybridized carbons (Fsp3) is 0.308. The van der Waals surface area contributed by atoms with E-state index >= 15 is 0 Å². The lowest BCUT2D eigenvalue weighted by molar-refractivity contribution is 0.0124. The molecule has 0 spiro atoms. The van der Waals surface area contributed by atoms with E-state index in [1.54, 1.807) is 0 Å². The van der Waals surface area contributed by atoms with Crippen molar-refractivity contribution in [1.29, 1.82) is 0 Å². The minimum absolute atomic E-state index is 0.198. The molecule has 3 aromatic rings. The molecule has 1 fully saturated rings. The van der Waals surface area contributed by atoms with Gasteiger partial charge in [-0.2, -0.15) is 5.10 Å². The number of allylic oxidation sites excluding steroid dienone is 1. The molecular weight excluding hydrogens is 471 g/mol. The van der Waals surface area contributed by atoms with Crippen molar-refractivity contribution >= 4 is 40.8 Å². The number of carbonyl (C=O) groups excluding carboxylic acids is 1. The van der Waals surface area contributed by atoms with Crippen LogP contribution in [-0.4, -0.2) is 47.0 Å². The van der Waals surface area contributed by atoms with E-state index in [1.165, 1.54) is 0 Å². The molecule has 1 aromatic heterocycles. The second-order valence-electron chi connectivity index (χ2n) is 8.51. The second-order valence-corrected chi connectivity index (χ2v) is 9.35. The molecular formula is C26H26Cl2N4O2. The summed E-state index contributed by atoms with van der Waals surface area (Å²) in [7, 11) is 0. The number of rotatable bonds is 4. The lowest BCUT2D eigenvalue weighted by Crippen LogP contribution is -2.48. The molecule has 1 amide bonds. The lowest BCUT2D eigenvalue weighted by atomic mass is 10.0. The zero-order chi connectivity index (χ0) is 23.5. The van der Waals surface area contributed by atoms with Gasteiger partial charge in [-0.15, -0.1) is 0 Å². The first-order valence-electron chi connectivity index (χ1n) is 11.6. The SMILES string of the molecule is O=C(NN1CCOCC1)c1nn(-c2ccccc2Cl)c2c1CCCC/C2=C\c1ccc(Cl)cc1. The van der Waals surface area contributed by atoms with Crippen LogP contribution >= 0.6 is 23.2 Å². The molecule has 0 saturated carbocycles. The van der Waals surface area contributed by atoms with Crippen LogP contribution in [0.5, 0.6) is 0 Å². The van der Waals surface area contributed by atoms with Crippen LogP contribution in [0, 0.1) is 0 Å². The van der Waals surface area contributed by atoms with E-state index in [2.05, 4.69) is 11.5 Å². The molecule has 1 saturated heterocycles. The summed E-state index contributed by atoms with van der Waals surface area (Å²) in [5.41, 5.74) is 8.33. The van der Waals surface area contributed by atoms with Crippen LogP contribution < -0.4 is 5.43 Å². The number of hydrogen-bond donors (Lipinski definition) is 1. The zero-order valence-electron chi connectivity index (χ0n) is 18.8. The number of hydrogen-bond acceptors (Lipinski definition) is 4. The van der Waals surface area contributed by atoms with Gasteiger partial charge in [0, 0.05) is 23.7 Å². The summed E-state index contributed by atoms with van der Waals surface area (Å²) in [5.74, 6) is -0.198. The summed E-state index contributed by atoms with van der Waals surface area (Å²) < 4.78 is 7.25. The minimum Gasteiger partial charge on any atom is -0.379 e. The highest BCUT2D eigenvalue weighted by atomic mass is 35.5. The first kappa shape index (κ1) is 23.1. The highest BCUT2D eigenvalue weighted by Crippen LogP contribution is 2.36. The van der Waals surface area contributed by atoms with Crippen LogP contribution in [0.2, 0.25) is 10.0 Å². The number of benzene rings is 2. The first-order valence-corrected chi connectivity index (χ1v) is 12.3. The van der Waals surface area contributed by atoms with Gasteiger partial charge in [0.25, 0.3) is 5.91 Å². The van der Waals surface area contributed by atoms with Crippen molar-refractivity contribution in [2.24, 2.45) is 0 Å². The van der Waals surface area contributed by atoms with Crippen LogP contribution in [0.3, 0.4) is 0 Å². The van der Waals surface area contributed by atoms with Gasteiger partial charge < -0.3 is 4.74 Å². The second kappa shape index (κ2) is 10.3. The van der Waals surface area contributed by atoms with Crippen LogP contribution in [0.1, 0.15) is 46.6 Å². The minimum atomic E-state index is -0.198. The number of carbonyl (C=O) groups is 1.